The van der Waals surface area contributed by atoms with Gasteiger partial charge in [-0.3, -0.25) is 4.79 Å². The minimum Gasteiger partial charge on any atom is -0.465 e. The van der Waals surface area contributed by atoms with Crippen molar-refractivity contribution in [3.8, 4) is 0 Å². The van der Waals surface area contributed by atoms with E-state index < -0.39 is 5.41 Å². The van der Waals surface area contributed by atoms with E-state index in [1.807, 2.05) is 0 Å². The van der Waals surface area contributed by atoms with Gasteiger partial charge in [-0.2, -0.15) is 0 Å². The zero-order valence-electron chi connectivity index (χ0n) is 8.80. The van der Waals surface area contributed by atoms with Crippen molar-refractivity contribution in [2.45, 2.75) is 40.0 Å². The number of aliphatic hydroxyl groups excluding tert-OH is 1. The fourth-order valence-corrected chi connectivity index (χ4v) is 0.777. The van der Waals surface area contributed by atoms with Crippen molar-refractivity contribution in [2.24, 2.45) is 5.41 Å². The van der Waals surface area contributed by atoms with Crippen LogP contribution in [-0.4, -0.2) is 24.3 Å². The maximum Gasteiger partial charge on any atom is 0.313 e. The first kappa shape index (κ1) is 12.4. The summed E-state index contributed by atoms with van der Waals surface area (Å²) in [5.74, 6) is -0.314. The Morgan fingerprint density at radius 1 is 1.38 bits per heavy atom. The van der Waals surface area contributed by atoms with E-state index in [0.717, 1.165) is 19.3 Å². The van der Waals surface area contributed by atoms with Crippen LogP contribution < -0.4 is 0 Å². The van der Waals surface area contributed by atoms with Gasteiger partial charge in [-0.05, 0) is 20.3 Å². The van der Waals surface area contributed by atoms with Crippen molar-refractivity contribution in [2.75, 3.05) is 13.2 Å². The first-order chi connectivity index (χ1) is 6.04. The predicted molar refractivity (Wildman–Crippen MR) is 51.4 cm³/mol. The molecule has 1 N–H and O–H groups in total. The second-order valence-corrected chi connectivity index (χ2v) is 3.89. The summed E-state index contributed by atoms with van der Waals surface area (Å²) in [6, 6.07) is 0. The normalized spacial score (nSPS) is 11.4. The summed E-state index contributed by atoms with van der Waals surface area (Å²) >= 11 is 0. The van der Waals surface area contributed by atoms with Crippen LogP contribution in [0.2, 0.25) is 0 Å². The fourth-order valence-electron chi connectivity index (χ4n) is 0.777. The Morgan fingerprint density at radius 2 is 2.00 bits per heavy atom. The number of aliphatic hydroxyl groups is 1. The highest BCUT2D eigenvalue weighted by Gasteiger charge is 2.28. The Morgan fingerprint density at radius 3 is 2.46 bits per heavy atom. The Labute approximate surface area is 80.1 Å². The Kier molecular flexibility index (Phi) is 5.71. The van der Waals surface area contributed by atoms with Crippen molar-refractivity contribution >= 4 is 5.97 Å². The minimum absolute atomic E-state index is 0.167. The molecule has 0 rings (SSSR count). The maximum absolute atomic E-state index is 11.3. The van der Waals surface area contributed by atoms with Gasteiger partial charge in [0.2, 0.25) is 0 Å². The van der Waals surface area contributed by atoms with Crippen LogP contribution in [0.1, 0.15) is 40.0 Å². The van der Waals surface area contributed by atoms with Gasteiger partial charge >= 0.3 is 5.97 Å². The quantitative estimate of drug-likeness (QED) is 0.510. The Bertz CT molecular complexity index is 152. The van der Waals surface area contributed by atoms with E-state index in [4.69, 9.17) is 9.84 Å². The highest BCUT2D eigenvalue weighted by Crippen LogP contribution is 2.15. The van der Waals surface area contributed by atoms with E-state index in [2.05, 4.69) is 6.92 Å². The van der Waals surface area contributed by atoms with Crippen LogP contribution in [0.3, 0.4) is 0 Å². The molecule has 3 nitrogen and oxygen atoms in total. The van der Waals surface area contributed by atoms with E-state index in [0.29, 0.717) is 6.61 Å². The molecule has 0 unspecified atom stereocenters. The number of carbonyl (C=O) groups excluding carboxylic acids is 1. The molecule has 0 fully saturated rings. The number of rotatable bonds is 6. The van der Waals surface area contributed by atoms with Gasteiger partial charge in [0.05, 0.1) is 18.6 Å². The topological polar surface area (TPSA) is 46.5 Å². The molecule has 0 spiro atoms. The lowest BCUT2D eigenvalue weighted by molar-refractivity contribution is -0.156. The summed E-state index contributed by atoms with van der Waals surface area (Å²) < 4.78 is 5.00. The van der Waals surface area contributed by atoms with Crippen molar-refractivity contribution < 1.29 is 14.6 Å². The number of esters is 1. The molecule has 78 valence electrons. The van der Waals surface area contributed by atoms with Crippen molar-refractivity contribution in [1.29, 1.82) is 0 Å². The second kappa shape index (κ2) is 5.97. The molecular weight excluding hydrogens is 168 g/mol. The van der Waals surface area contributed by atoms with Gasteiger partial charge in [0.15, 0.2) is 0 Å². The van der Waals surface area contributed by atoms with Gasteiger partial charge < -0.3 is 9.84 Å². The second-order valence-electron chi connectivity index (χ2n) is 3.89. The molecule has 0 radical (unpaired) electrons. The molecule has 0 saturated carbocycles. The molecule has 0 aromatic carbocycles. The molecule has 0 aromatic rings. The molecular formula is C10H20O3. The zero-order chi connectivity index (χ0) is 10.3. The van der Waals surface area contributed by atoms with Crippen LogP contribution in [0, 0.1) is 5.41 Å². The zero-order valence-corrected chi connectivity index (χ0v) is 8.80. The van der Waals surface area contributed by atoms with Crippen LogP contribution >= 0.6 is 0 Å². The summed E-state index contributed by atoms with van der Waals surface area (Å²) in [6.07, 6.45) is 3.09. The third-order valence-corrected chi connectivity index (χ3v) is 1.93. The lowest BCUT2D eigenvalue weighted by atomic mass is 9.95. The van der Waals surface area contributed by atoms with Crippen LogP contribution in [0.15, 0.2) is 0 Å². The summed E-state index contributed by atoms with van der Waals surface area (Å²) in [4.78, 5) is 11.3. The van der Waals surface area contributed by atoms with E-state index in [9.17, 15) is 4.79 Å². The molecule has 13 heavy (non-hydrogen) atoms. The number of hydrogen-bond acceptors (Lipinski definition) is 3. The average molecular weight is 188 g/mol. The first-order valence-corrected chi connectivity index (χ1v) is 4.82. The molecule has 0 amide bonds. The maximum atomic E-state index is 11.3. The summed E-state index contributed by atoms with van der Waals surface area (Å²) in [7, 11) is 0. The minimum atomic E-state index is -0.758. The predicted octanol–water partition coefficient (Wildman–Crippen LogP) is 1.74. The van der Waals surface area contributed by atoms with Crippen molar-refractivity contribution in [3.63, 3.8) is 0 Å². The summed E-state index contributed by atoms with van der Waals surface area (Å²) in [6.45, 7) is 5.75. The van der Waals surface area contributed by atoms with E-state index >= 15 is 0 Å². The number of ether oxygens (including phenoxy) is 1. The number of hydrogen-bond donors (Lipinski definition) is 1. The van der Waals surface area contributed by atoms with Crippen LogP contribution in [0.25, 0.3) is 0 Å². The molecule has 0 saturated heterocycles. The van der Waals surface area contributed by atoms with Gasteiger partial charge in [0, 0.05) is 0 Å². The summed E-state index contributed by atoms with van der Waals surface area (Å²) in [5.41, 5.74) is -0.758. The smallest absolute Gasteiger partial charge is 0.313 e. The van der Waals surface area contributed by atoms with E-state index in [1.54, 1.807) is 13.8 Å². The van der Waals surface area contributed by atoms with Crippen LogP contribution in [0.5, 0.6) is 0 Å². The van der Waals surface area contributed by atoms with Gasteiger partial charge in [-0.15, -0.1) is 0 Å². The van der Waals surface area contributed by atoms with Crippen LogP contribution in [0.4, 0.5) is 0 Å². The Balaban J connectivity index is 3.62. The Hall–Kier alpha value is -0.570. The summed E-state index contributed by atoms with van der Waals surface area (Å²) in [5, 5.41) is 8.87. The highest BCUT2D eigenvalue weighted by atomic mass is 16.5. The lowest BCUT2D eigenvalue weighted by Gasteiger charge is -2.19. The average Bonchev–Trinajstić information content (AvgIpc) is 2.12. The van der Waals surface area contributed by atoms with E-state index in [1.165, 1.54) is 0 Å². The SMILES string of the molecule is CCCCCOC(=O)C(C)(C)CO. The van der Waals surface area contributed by atoms with Crippen molar-refractivity contribution in [1.82, 2.24) is 0 Å². The molecule has 0 atom stereocenters. The molecule has 0 aliphatic rings. The standard InChI is InChI=1S/C10H20O3/c1-4-5-6-7-13-9(12)10(2,3)8-11/h11H,4-8H2,1-3H3. The first-order valence-electron chi connectivity index (χ1n) is 4.82. The van der Waals surface area contributed by atoms with Gasteiger partial charge in [0.1, 0.15) is 0 Å². The number of unbranched alkanes of at least 4 members (excludes halogenated alkanes) is 2. The third-order valence-electron chi connectivity index (χ3n) is 1.93. The molecule has 3 heteroatoms. The number of carbonyl (C=O) groups is 1. The molecule has 0 aliphatic carbocycles. The van der Waals surface area contributed by atoms with E-state index in [-0.39, 0.29) is 12.6 Å². The molecule has 0 heterocycles. The lowest BCUT2D eigenvalue weighted by Crippen LogP contribution is -2.30. The van der Waals surface area contributed by atoms with Gasteiger partial charge in [0.25, 0.3) is 0 Å². The fraction of sp³-hybridized carbons (Fsp3) is 0.900. The van der Waals surface area contributed by atoms with Crippen LogP contribution in [-0.2, 0) is 9.53 Å². The monoisotopic (exact) mass is 188 g/mol. The molecule has 0 aliphatic heterocycles. The molecule has 0 aromatic heterocycles. The van der Waals surface area contributed by atoms with Gasteiger partial charge in [-0.1, -0.05) is 19.8 Å². The van der Waals surface area contributed by atoms with Crippen molar-refractivity contribution in [3.05, 3.63) is 0 Å². The third kappa shape index (κ3) is 4.88. The molecule has 0 bridgehead atoms. The largest absolute Gasteiger partial charge is 0.465 e. The highest BCUT2D eigenvalue weighted by molar-refractivity contribution is 5.75. The van der Waals surface area contributed by atoms with Gasteiger partial charge in [-0.25, -0.2) is 0 Å².